The maximum Gasteiger partial charge on any atom is 0.255 e. The van der Waals surface area contributed by atoms with Gasteiger partial charge in [-0.15, -0.1) is 0 Å². The molecule has 0 radical (unpaired) electrons. The van der Waals surface area contributed by atoms with Crippen molar-refractivity contribution in [3.8, 4) is 0 Å². The van der Waals surface area contributed by atoms with E-state index in [0.717, 1.165) is 12.8 Å². The SMILES string of the molecule is CC(C)N1CC2N(C(=O)C(NC(=O)C3CCCC3)CN2S(=O)(=O)c2ccc(Cl)cc2Cl)C(Cc2ccc(NC(=O)c3ccc(Cl)cc3)cc2)C1=O. The summed E-state index contributed by atoms with van der Waals surface area (Å²) in [4.78, 5) is 57.4. The van der Waals surface area contributed by atoms with E-state index in [1.54, 1.807) is 53.4 Å². The van der Waals surface area contributed by atoms with Gasteiger partial charge in [0.2, 0.25) is 27.7 Å². The molecule has 2 heterocycles. The van der Waals surface area contributed by atoms with E-state index in [1.165, 1.54) is 27.4 Å². The molecular formula is C36H38Cl3N5O6S. The quantitative estimate of drug-likeness (QED) is 0.291. The fraction of sp³-hybridized carbons (Fsp3) is 0.389. The number of anilines is 1. The third-order valence-corrected chi connectivity index (χ3v) is 12.6. The Morgan fingerprint density at radius 3 is 2.14 bits per heavy atom. The fourth-order valence-corrected chi connectivity index (χ4v) is 9.48. The highest BCUT2D eigenvalue weighted by molar-refractivity contribution is 7.89. The first kappa shape index (κ1) is 37.1. The number of carbonyl (C=O) groups excluding carboxylic acids is 4. The zero-order valence-corrected chi connectivity index (χ0v) is 31.1. The molecule has 270 valence electrons. The first-order valence-corrected chi connectivity index (χ1v) is 19.4. The van der Waals surface area contributed by atoms with E-state index in [-0.39, 0.29) is 64.1 Å². The highest BCUT2D eigenvalue weighted by Crippen LogP contribution is 2.35. The lowest BCUT2D eigenvalue weighted by Gasteiger charge is -2.54. The number of nitrogens with one attached hydrogen (secondary N) is 2. The maximum atomic E-state index is 14.4. The van der Waals surface area contributed by atoms with Gasteiger partial charge in [-0.1, -0.05) is 59.8 Å². The van der Waals surface area contributed by atoms with Gasteiger partial charge in [0.05, 0.1) is 11.6 Å². The number of carbonyl (C=O) groups is 4. The molecule has 2 saturated heterocycles. The normalized spacial score (nSPS) is 21.6. The fourth-order valence-electron chi connectivity index (χ4n) is 7.02. The minimum Gasteiger partial charge on any atom is -0.343 e. The third kappa shape index (κ3) is 7.75. The second kappa shape index (κ2) is 15.1. The topological polar surface area (TPSA) is 136 Å². The summed E-state index contributed by atoms with van der Waals surface area (Å²) in [5.74, 6) is -1.80. The van der Waals surface area contributed by atoms with Crippen LogP contribution in [-0.2, 0) is 30.8 Å². The van der Waals surface area contributed by atoms with Crippen LogP contribution in [0.25, 0.3) is 0 Å². The van der Waals surface area contributed by atoms with Crippen LogP contribution in [0.5, 0.6) is 0 Å². The predicted molar refractivity (Wildman–Crippen MR) is 195 cm³/mol. The minimum absolute atomic E-state index is 0.0502. The molecule has 51 heavy (non-hydrogen) atoms. The summed E-state index contributed by atoms with van der Waals surface area (Å²) in [7, 11) is -4.38. The summed E-state index contributed by atoms with van der Waals surface area (Å²) in [6, 6.07) is 14.7. The van der Waals surface area contributed by atoms with E-state index in [4.69, 9.17) is 34.8 Å². The third-order valence-electron chi connectivity index (χ3n) is 9.73. The molecule has 0 spiro atoms. The molecule has 3 aromatic rings. The Kier molecular flexibility index (Phi) is 11.0. The summed E-state index contributed by atoms with van der Waals surface area (Å²) in [6.07, 6.45) is 2.12. The maximum absolute atomic E-state index is 14.4. The van der Waals surface area contributed by atoms with Crippen molar-refractivity contribution in [1.82, 2.24) is 19.4 Å². The molecule has 3 fully saturated rings. The first-order valence-electron chi connectivity index (χ1n) is 16.8. The number of piperazine rings is 1. The zero-order valence-electron chi connectivity index (χ0n) is 28.0. The summed E-state index contributed by atoms with van der Waals surface area (Å²) in [5, 5.41) is 6.33. The van der Waals surface area contributed by atoms with Crippen LogP contribution in [0.1, 0.15) is 55.5 Å². The van der Waals surface area contributed by atoms with Crippen LogP contribution >= 0.6 is 34.8 Å². The highest BCUT2D eigenvalue weighted by atomic mass is 35.5. The Labute approximate surface area is 312 Å². The van der Waals surface area contributed by atoms with Crippen LogP contribution in [0.3, 0.4) is 0 Å². The number of halogens is 3. The predicted octanol–water partition coefficient (Wildman–Crippen LogP) is 5.60. The number of fused-ring (bicyclic) bond motifs is 1. The molecule has 0 aromatic heterocycles. The lowest BCUT2D eigenvalue weighted by Crippen LogP contribution is -2.76. The molecule has 6 rings (SSSR count). The second-order valence-corrected chi connectivity index (χ2v) is 16.5. The molecule has 1 saturated carbocycles. The van der Waals surface area contributed by atoms with Crippen molar-refractivity contribution in [3.63, 3.8) is 0 Å². The van der Waals surface area contributed by atoms with Gasteiger partial charge in [-0.05, 0) is 86.8 Å². The Balaban J connectivity index is 1.34. The number of rotatable bonds is 9. The molecule has 15 heteroatoms. The standard InChI is InChI=1S/C36H38Cl3N5O6S/c1-21(2)42-20-32-43(51(49,50)31-16-13-26(38)18-28(31)39)19-29(41-34(46)23-5-3-4-6-23)35(47)44(32)30(36(42)48)17-22-7-14-27(15-8-22)40-33(45)24-9-11-25(37)12-10-24/h7-16,18,21,23,29-30,32H,3-6,17,19-20H2,1-2H3,(H,40,45)(H,41,46). The summed E-state index contributed by atoms with van der Waals surface area (Å²) in [5.41, 5.74) is 1.60. The number of amides is 4. The van der Waals surface area contributed by atoms with Crippen molar-refractivity contribution in [2.75, 3.05) is 18.4 Å². The van der Waals surface area contributed by atoms with Crippen LogP contribution in [0.15, 0.2) is 71.6 Å². The van der Waals surface area contributed by atoms with Crippen LogP contribution in [-0.4, -0.2) is 83.5 Å². The van der Waals surface area contributed by atoms with E-state index < -0.39 is 34.2 Å². The average molecular weight is 775 g/mol. The van der Waals surface area contributed by atoms with Gasteiger partial charge in [0, 0.05) is 46.2 Å². The molecule has 2 N–H and O–H groups in total. The first-order chi connectivity index (χ1) is 24.2. The van der Waals surface area contributed by atoms with E-state index >= 15 is 0 Å². The van der Waals surface area contributed by atoms with Gasteiger partial charge in [-0.25, -0.2) is 8.42 Å². The van der Waals surface area contributed by atoms with E-state index in [2.05, 4.69) is 10.6 Å². The lowest BCUT2D eigenvalue weighted by atomic mass is 9.96. The minimum atomic E-state index is -4.38. The van der Waals surface area contributed by atoms with Crippen molar-refractivity contribution in [1.29, 1.82) is 0 Å². The Morgan fingerprint density at radius 1 is 0.863 bits per heavy atom. The zero-order chi connectivity index (χ0) is 36.6. The van der Waals surface area contributed by atoms with Crippen molar-refractivity contribution in [3.05, 3.63) is 92.9 Å². The number of hydrogen-bond donors (Lipinski definition) is 2. The van der Waals surface area contributed by atoms with Crippen molar-refractivity contribution in [2.24, 2.45) is 5.92 Å². The van der Waals surface area contributed by atoms with Crippen LogP contribution < -0.4 is 10.6 Å². The van der Waals surface area contributed by atoms with Crippen LogP contribution in [0.2, 0.25) is 15.1 Å². The van der Waals surface area contributed by atoms with Crippen LogP contribution in [0.4, 0.5) is 5.69 Å². The van der Waals surface area contributed by atoms with Gasteiger partial charge in [0.1, 0.15) is 23.1 Å². The Bertz CT molecular complexity index is 1940. The smallest absolute Gasteiger partial charge is 0.255 e. The number of benzene rings is 3. The summed E-state index contributed by atoms with van der Waals surface area (Å²) in [6.45, 7) is 3.23. The van der Waals surface area contributed by atoms with Gasteiger partial charge in [-0.3, -0.25) is 19.2 Å². The number of hydrogen-bond acceptors (Lipinski definition) is 6. The Morgan fingerprint density at radius 2 is 1.51 bits per heavy atom. The molecule has 11 nitrogen and oxygen atoms in total. The molecule has 3 atom stereocenters. The van der Waals surface area contributed by atoms with E-state index in [9.17, 15) is 27.6 Å². The number of sulfonamides is 1. The molecule has 2 aliphatic heterocycles. The van der Waals surface area contributed by atoms with Gasteiger partial charge < -0.3 is 20.4 Å². The summed E-state index contributed by atoms with van der Waals surface area (Å²) >= 11 is 18.5. The highest BCUT2D eigenvalue weighted by Gasteiger charge is 2.54. The molecule has 4 amide bonds. The lowest BCUT2D eigenvalue weighted by molar-refractivity contribution is -0.169. The molecular weight excluding hydrogens is 737 g/mol. The summed E-state index contributed by atoms with van der Waals surface area (Å²) < 4.78 is 30.1. The largest absolute Gasteiger partial charge is 0.343 e. The monoisotopic (exact) mass is 773 g/mol. The van der Waals surface area contributed by atoms with E-state index in [0.29, 0.717) is 34.7 Å². The van der Waals surface area contributed by atoms with Gasteiger partial charge >= 0.3 is 0 Å². The van der Waals surface area contributed by atoms with Crippen molar-refractivity contribution < 1.29 is 27.6 Å². The number of nitrogens with zero attached hydrogens (tertiary/aromatic N) is 3. The molecule has 3 unspecified atom stereocenters. The molecule has 3 aliphatic rings. The Hall–Kier alpha value is -3.68. The second-order valence-electron chi connectivity index (χ2n) is 13.4. The van der Waals surface area contributed by atoms with Gasteiger partial charge in [0.15, 0.2) is 0 Å². The molecule has 1 aliphatic carbocycles. The van der Waals surface area contributed by atoms with Crippen LogP contribution in [0, 0.1) is 5.92 Å². The molecule has 0 bridgehead atoms. The van der Waals surface area contributed by atoms with E-state index in [1.807, 2.05) is 13.8 Å². The van der Waals surface area contributed by atoms with Crippen molar-refractivity contribution in [2.45, 2.75) is 75.1 Å². The average Bonchev–Trinajstić information content (AvgIpc) is 3.63. The van der Waals surface area contributed by atoms with Gasteiger partial charge in [0.25, 0.3) is 5.91 Å². The molecule has 3 aromatic carbocycles. The van der Waals surface area contributed by atoms with Gasteiger partial charge in [-0.2, -0.15) is 4.31 Å². The van der Waals surface area contributed by atoms with Crippen molar-refractivity contribution >= 4 is 74.1 Å².